The number of ether oxygens (including phenoxy) is 2. The van der Waals surface area contributed by atoms with Crippen molar-refractivity contribution in [1.82, 2.24) is 9.88 Å². The van der Waals surface area contributed by atoms with Gasteiger partial charge in [-0.15, -0.1) is 0 Å². The van der Waals surface area contributed by atoms with Crippen LogP contribution in [0.25, 0.3) is 0 Å². The summed E-state index contributed by atoms with van der Waals surface area (Å²) < 4.78 is 10.7. The first-order chi connectivity index (χ1) is 12.1. The van der Waals surface area contributed by atoms with Crippen molar-refractivity contribution in [2.45, 2.75) is 12.5 Å². The van der Waals surface area contributed by atoms with Gasteiger partial charge in [-0.25, -0.2) is 0 Å². The molecule has 0 unspecified atom stereocenters. The molecular weight excluding hydrogens is 322 g/mol. The monoisotopic (exact) mass is 339 g/mol. The van der Waals surface area contributed by atoms with Crippen LogP contribution in [0.4, 0.5) is 5.69 Å². The standard InChI is InChI=1S/C18H17N3O4/c1-21-16(22)9-13(18(23)20-12-4-6-19-7-5-12)17(21)11-2-3-14-15(8-11)25-10-24-14/h2-8,13,17H,9-10H2,1H3,(H,19,20,23)/t13-,17-/m1/s1. The highest BCUT2D eigenvalue weighted by Gasteiger charge is 2.43. The van der Waals surface area contributed by atoms with Crippen molar-refractivity contribution in [2.24, 2.45) is 5.92 Å². The van der Waals surface area contributed by atoms with Crippen molar-refractivity contribution >= 4 is 17.5 Å². The molecule has 25 heavy (non-hydrogen) atoms. The third-order valence-electron chi connectivity index (χ3n) is 4.61. The number of pyridine rings is 1. The Labute approximate surface area is 144 Å². The van der Waals surface area contributed by atoms with E-state index in [1.807, 2.05) is 18.2 Å². The minimum atomic E-state index is -0.481. The number of fused-ring (bicyclic) bond motifs is 1. The molecule has 0 radical (unpaired) electrons. The zero-order valence-electron chi connectivity index (χ0n) is 13.6. The Hall–Kier alpha value is -3.09. The molecule has 128 valence electrons. The number of carbonyl (C=O) groups excluding carboxylic acids is 2. The summed E-state index contributed by atoms with van der Waals surface area (Å²) in [7, 11) is 1.72. The molecule has 2 aliphatic rings. The van der Waals surface area contributed by atoms with Crippen molar-refractivity contribution in [3.8, 4) is 11.5 Å². The van der Waals surface area contributed by atoms with Gasteiger partial charge in [0.25, 0.3) is 0 Å². The van der Waals surface area contributed by atoms with Crippen LogP contribution in [0.2, 0.25) is 0 Å². The van der Waals surface area contributed by atoms with E-state index in [-0.39, 0.29) is 31.1 Å². The summed E-state index contributed by atoms with van der Waals surface area (Å²) in [6, 6.07) is 8.62. The third kappa shape index (κ3) is 2.77. The molecule has 7 heteroatoms. The molecule has 0 aliphatic carbocycles. The van der Waals surface area contributed by atoms with Crippen LogP contribution in [-0.2, 0) is 9.59 Å². The third-order valence-corrected chi connectivity index (χ3v) is 4.61. The molecule has 2 aliphatic heterocycles. The van der Waals surface area contributed by atoms with Crippen molar-refractivity contribution in [3.63, 3.8) is 0 Å². The quantitative estimate of drug-likeness (QED) is 0.925. The van der Waals surface area contributed by atoms with E-state index >= 15 is 0 Å². The summed E-state index contributed by atoms with van der Waals surface area (Å²) >= 11 is 0. The van der Waals surface area contributed by atoms with E-state index in [4.69, 9.17) is 9.47 Å². The molecule has 0 bridgehead atoms. The zero-order chi connectivity index (χ0) is 17.4. The first-order valence-electron chi connectivity index (χ1n) is 7.99. The van der Waals surface area contributed by atoms with Gasteiger partial charge in [0, 0.05) is 31.5 Å². The van der Waals surface area contributed by atoms with E-state index in [0.717, 1.165) is 5.56 Å². The predicted molar refractivity (Wildman–Crippen MR) is 89.0 cm³/mol. The number of hydrogen-bond acceptors (Lipinski definition) is 5. The summed E-state index contributed by atoms with van der Waals surface area (Å²) in [5, 5.41) is 2.86. The highest BCUT2D eigenvalue weighted by Crippen LogP contribution is 2.41. The number of benzene rings is 1. The Bertz CT molecular complexity index is 824. The second-order valence-corrected chi connectivity index (χ2v) is 6.10. The molecular formula is C18H17N3O4. The smallest absolute Gasteiger partial charge is 0.231 e. The van der Waals surface area contributed by atoms with Gasteiger partial charge in [0.15, 0.2) is 11.5 Å². The first-order valence-corrected chi connectivity index (χ1v) is 7.99. The number of carbonyl (C=O) groups is 2. The molecule has 3 heterocycles. The van der Waals surface area contributed by atoms with Crippen molar-refractivity contribution in [2.75, 3.05) is 19.2 Å². The number of hydrogen-bond donors (Lipinski definition) is 1. The molecule has 4 rings (SSSR count). The van der Waals surface area contributed by atoms with Crippen LogP contribution in [0.1, 0.15) is 18.0 Å². The number of anilines is 1. The van der Waals surface area contributed by atoms with Crippen LogP contribution >= 0.6 is 0 Å². The SMILES string of the molecule is CN1C(=O)C[C@@H](C(=O)Nc2ccncc2)[C@H]1c1ccc2c(c1)OCO2. The van der Waals surface area contributed by atoms with E-state index in [1.165, 1.54) is 0 Å². The summed E-state index contributed by atoms with van der Waals surface area (Å²) in [5.74, 6) is 0.585. The van der Waals surface area contributed by atoms with Gasteiger partial charge in [0.05, 0.1) is 12.0 Å². The van der Waals surface area contributed by atoms with Gasteiger partial charge in [0.2, 0.25) is 18.6 Å². The van der Waals surface area contributed by atoms with Gasteiger partial charge in [0.1, 0.15) is 0 Å². The van der Waals surface area contributed by atoms with Gasteiger partial charge in [-0.05, 0) is 29.8 Å². The van der Waals surface area contributed by atoms with Crippen LogP contribution in [-0.4, -0.2) is 35.5 Å². The fraction of sp³-hybridized carbons (Fsp3) is 0.278. The van der Waals surface area contributed by atoms with Crippen molar-refractivity contribution < 1.29 is 19.1 Å². The summed E-state index contributed by atoms with van der Waals surface area (Å²) in [6.45, 7) is 0.185. The first kappa shape index (κ1) is 15.4. The zero-order valence-corrected chi connectivity index (χ0v) is 13.6. The molecule has 2 amide bonds. The topological polar surface area (TPSA) is 80.8 Å². The lowest BCUT2D eigenvalue weighted by Gasteiger charge is -2.25. The minimum absolute atomic E-state index is 0.0578. The van der Waals surface area contributed by atoms with Gasteiger partial charge >= 0.3 is 0 Å². The molecule has 1 N–H and O–H groups in total. The second-order valence-electron chi connectivity index (χ2n) is 6.10. The van der Waals surface area contributed by atoms with E-state index in [0.29, 0.717) is 17.2 Å². The van der Waals surface area contributed by atoms with Crippen LogP contribution in [0, 0.1) is 5.92 Å². The highest BCUT2D eigenvalue weighted by molar-refractivity contribution is 5.97. The Morgan fingerprint density at radius 2 is 1.96 bits per heavy atom. The van der Waals surface area contributed by atoms with Gasteiger partial charge in [-0.2, -0.15) is 0 Å². The van der Waals surface area contributed by atoms with Gasteiger partial charge in [-0.1, -0.05) is 6.07 Å². The lowest BCUT2D eigenvalue weighted by molar-refractivity contribution is -0.127. The van der Waals surface area contributed by atoms with Gasteiger partial charge in [-0.3, -0.25) is 14.6 Å². The Morgan fingerprint density at radius 3 is 2.76 bits per heavy atom. The van der Waals surface area contributed by atoms with Crippen LogP contribution < -0.4 is 14.8 Å². The number of amides is 2. The Balaban J connectivity index is 1.62. The molecule has 1 fully saturated rings. The number of nitrogens with zero attached hydrogens (tertiary/aromatic N) is 2. The molecule has 7 nitrogen and oxygen atoms in total. The number of rotatable bonds is 3. The summed E-state index contributed by atoms with van der Waals surface area (Å²) in [4.78, 5) is 30.5. The van der Waals surface area contributed by atoms with Crippen molar-refractivity contribution in [1.29, 1.82) is 0 Å². The normalized spacial score (nSPS) is 21.5. The lowest BCUT2D eigenvalue weighted by atomic mass is 9.92. The summed E-state index contributed by atoms with van der Waals surface area (Å²) in [5.41, 5.74) is 1.51. The largest absolute Gasteiger partial charge is 0.454 e. The molecule has 1 saturated heterocycles. The number of aromatic nitrogens is 1. The van der Waals surface area contributed by atoms with Crippen LogP contribution in [0.5, 0.6) is 11.5 Å². The maximum atomic E-state index is 12.8. The molecule has 2 aromatic rings. The maximum Gasteiger partial charge on any atom is 0.231 e. The molecule has 0 saturated carbocycles. The molecule has 2 atom stereocenters. The fourth-order valence-electron chi connectivity index (χ4n) is 3.33. The van der Waals surface area contributed by atoms with Crippen LogP contribution in [0.15, 0.2) is 42.7 Å². The van der Waals surface area contributed by atoms with E-state index in [2.05, 4.69) is 10.3 Å². The van der Waals surface area contributed by atoms with E-state index in [9.17, 15) is 9.59 Å². The lowest BCUT2D eigenvalue weighted by Crippen LogP contribution is -2.30. The van der Waals surface area contributed by atoms with Crippen molar-refractivity contribution in [3.05, 3.63) is 48.3 Å². The minimum Gasteiger partial charge on any atom is -0.454 e. The van der Waals surface area contributed by atoms with Crippen LogP contribution in [0.3, 0.4) is 0 Å². The highest BCUT2D eigenvalue weighted by atomic mass is 16.7. The average Bonchev–Trinajstić information content (AvgIpc) is 3.20. The molecule has 1 aromatic heterocycles. The number of likely N-dealkylation sites (tertiary alicyclic amines) is 1. The fourth-order valence-corrected chi connectivity index (χ4v) is 3.33. The van der Waals surface area contributed by atoms with Gasteiger partial charge < -0.3 is 19.7 Å². The molecule has 0 spiro atoms. The second kappa shape index (κ2) is 6.08. The summed E-state index contributed by atoms with van der Waals surface area (Å²) in [6.07, 6.45) is 3.39. The average molecular weight is 339 g/mol. The van der Waals surface area contributed by atoms with E-state index in [1.54, 1.807) is 36.5 Å². The Kier molecular flexibility index (Phi) is 3.76. The Morgan fingerprint density at radius 1 is 1.20 bits per heavy atom. The predicted octanol–water partition coefficient (Wildman–Crippen LogP) is 1.97. The molecule has 1 aromatic carbocycles. The maximum absolute atomic E-state index is 12.8. The van der Waals surface area contributed by atoms with E-state index < -0.39 is 5.92 Å². The number of nitrogens with one attached hydrogen (secondary N) is 1.